The van der Waals surface area contributed by atoms with Gasteiger partial charge in [0.25, 0.3) is 0 Å². The van der Waals surface area contributed by atoms with E-state index in [1.807, 2.05) is 45.0 Å². The highest BCUT2D eigenvalue weighted by Gasteiger charge is 2.32. The topological polar surface area (TPSA) is 85.5 Å². The van der Waals surface area contributed by atoms with Crippen molar-refractivity contribution in [2.24, 2.45) is 0 Å². The molecule has 1 saturated heterocycles. The minimum Gasteiger partial charge on any atom is -0.494 e. The maximum Gasteiger partial charge on any atom is 0.248 e. The molecule has 2 aromatic carbocycles. The second-order valence-electron chi connectivity index (χ2n) is 7.80. The van der Waals surface area contributed by atoms with Crippen molar-refractivity contribution in [3.05, 3.63) is 59.5 Å². The van der Waals surface area contributed by atoms with Crippen LogP contribution in [-0.4, -0.2) is 42.6 Å². The highest BCUT2D eigenvalue weighted by Crippen LogP contribution is 2.33. The van der Waals surface area contributed by atoms with Gasteiger partial charge in [-0.25, -0.2) is 8.42 Å². The molecule has 1 aliphatic heterocycles. The normalized spacial score (nSPS) is 15.8. The van der Waals surface area contributed by atoms with Gasteiger partial charge in [0.1, 0.15) is 5.75 Å². The number of hydrogen-bond acceptors (Lipinski definition) is 6. The number of aromatic nitrogens is 2. The molecule has 0 bridgehead atoms. The smallest absolute Gasteiger partial charge is 0.248 e. The zero-order chi connectivity index (χ0) is 22.0. The lowest BCUT2D eigenvalue weighted by Gasteiger charge is -2.29. The molecule has 2 heterocycles. The number of nitrogens with zero attached hydrogens (tertiary/aromatic N) is 3. The number of piperidine rings is 1. The summed E-state index contributed by atoms with van der Waals surface area (Å²) in [4.78, 5) is 0.298. The lowest BCUT2D eigenvalue weighted by molar-refractivity contribution is 0.291. The first kappa shape index (κ1) is 21.5. The minimum atomic E-state index is -3.55. The van der Waals surface area contributed by atoms with E-state index in [0.717, 1.165) is 16.7 Å². The summed E-state index contributed by atoms with van der Waals surface area (Å²) in [6.07, 6.45) is 1.29. The van der Waals surface area contributed by atoms with E-state index in [9.17, 15) is 8.42 Å². The number of sulfonamides is 1. The van der Waals surface area contributed by atoms with E-state index in [0.29, 0.717) is 55.0 Å². The van der Waals surface area contributed by atoms with Crippen LogP contribution in [0.3, 0.4) is 0 Å². The van der Waals surface area contributed by atoms with Crippen LogP contribution in [0.5, 0.6) is 5.75 Å². The molecular weight excluding hydrogens is 414 g/mol. The van der Waals surface area contributed by atoms with Crippen LogP contribution in [0.15, 0.2) is 51.8 Å². The van der Waals surface area contributed by atoms with Crippen molar-refractivity contribution in [2.75, 3.05) is 19.7 Å². The summed E-state index contributed by atoms with van der Waals surface area (Å²) in [7, 11) is -3.55. The highest BCUT2D eigenvalue weighted by atomic mass is 32.2. The molecule has 0 saturated carbocycles. The quantitative estimate of drug-likeness (QED) is 0.566. The molecule has 1 aliphatic rings. The first-order chi connectivity index (χ1) is 14.9. The summed E-state index contributed by atoms with van der Waals surface area (Å²) in [5.41, 5.74) is 2.81. The molecule has 0 spiro atoms. The van der Waals surface area contributed by atoms with E-state index in [1.165, 1.54) is 4.31 Å². The van der Waals surface area contributed by atoms with E-state index in [2.05, 4.69) is 10.2 Å². The van der Waals surface area contributed by atoms with Crippen molar-refractivity contribution in [1.29, 1.82) is 0 Å². The van der Waals surface area contributed by atoms with Crippen molar-refractivity contribution < 1.29 is 17.6 Å². The molecule has 164 valence electrons. The first-order valence-corrected chi connectivity index (χ1v) is 12.0. The molecule has 3 aromatic rings. The van der Waals surface area contributed by atoms with Crippen LogP contribution >= 0.6 is 0 Å². The Balaban J connectivity index is 1.45. The van der Waals surface area contributed by atoms with E-state index in [1.54, 1.807) is 18.2 Å². The van der Waals surface area contributed by atoms with Crippen molar-refractivity contribution in [1.82, 2.24) is 14.5 Å². The molecule has 0 N–H and O–H groups in total. The van der Waals surface area contributed by atoms with Gasteiger partial charge in [0, 0.05) is 24.6 Å². The lowest BCUT2D eigenvalue weighted by Crippen LogP contribution is -2.38. The van der Waals surface area contributed by atoms with Gasteiger partial charge in [-0.1, -0.05) is 18.2 Å². The van der Waals surface area contributed by atoms with E-state index in [4.69, 9.17) is 9.15 Å². The van der Waals surface area contributed by atoms with E-state index in [-0.39, 0.29) is 5.92 Å². The molecule has 0 aliphatic carbocycles. The molecule has 4 rings (SSSR count). The molecule has 7 nitrogen and oxygen atoms in total. The summed E-state index contributed by atoms with van der Waals surface area (Å²) in [6, 6.07) is 12.9. The van der Waals surface area contributed by atoms with E-state index < -0.39 is 10.0 Å². The van der Waals surface area contributed by atoms with Crippen molar-refractivity contribution in [3.63, 3.8) is 0 Å². The zero-order valence-electron chi connectivity index (χ0n) is 18.0. The zero-order valence-corrected chi connectivity index (χ0v) is 18.9. The third-order valence-corrected chi connectivity index (χ3v) is 7.60. The van der Waals surface area contributed by atoms with Crippen LogP contribution in [0, 0.1) is 13.8 Å². The average molecular weight is 442 g/mol. The molecule has 31 heavy (non-hydrogen) atoms. The van der Waals surface area contributed by atoms with Gasteiger partial charge in [-0.05, 0) is 69.0 Å². The van der Waals surface area contributed by atoms with Crippen LogP contribution < -0.4 is 4.74 Å². The maximum atomic E-state index is 13.1. The van der Waals surface area contributed by atoms with Gasteiger partial charge >= 0.3 is 0 Å². The fraction of sp³-hybridized carbons (Fsp3) is 0.391. The van der Waals surface area contributed by atoms with Crippen LogP contribution in [0.2, 0.25) is 0 Å². The molecule has 1 fully saturated rings. The standard InChI is InChI=1S/C23H27N3O4S/c1-4-29-21-10-9-19(15-17(21)3)31(27,28)26-13-11-18(12-14-26)22-24-25-23(30-22)20-8-6-5-7-16(20)2/h5-10,15,18H,4,11-14H2,1-3H3. The van der Waals surface area contributed by atoms with Crippen molar-refractivity contribution in [3.8, 4) is 17.2 Å². The fourth-order valence-corrected chi connectivity index (χ4v) is 5.47. The van der Waals surface area contributed by atoms with Gasteiger partial charge in [-0.3, -0.25) is 0 Å². The number of aryl methyl sites for hydroxylation is 2. The molecule has 0 amide bonds. The molecular formula is C23H27N3O4S. The van der Waals surface area contributed by atoms with Gasteiger partial charge in [-0.2, -0.15) is 4.31 Å². The number of hydrogen-bond donors (Lipinski definition) is 0. The van der Waals surface area contributed by atoms with Crippen LogP contribution in [0.25, 0.3) is 11.5 Å². The Morgan fingerprint density at radius 2 is 1.81 bits per heavy atom. The predicted molar refractivity (Wildman–Crippen MR) is 118 cm³/mol. The first-order valence-electron chi connectivity index (χ1n) is 10.5. The maximum absolute atomic E-state index is 13.1. The average Bonchev–Trinajstić information content (AvgIpc) is 3.25. The van der Waals surface area contributed by atoms with E-state index >= 15 is 0 Å². The second-order valence-corrected chi connectivity index (χ2v) is 9.74. The molecule has 0 unspecified atom stereocenters. The van der Waals surface area contributed by atoms with Gasteiger partial charge in [0.2, 0.25) is 21.8 Å². The van der Waals surface area contributed by atoms with Gasteiger partial charge in [0.15, 0.2) is 0 Å². The Hall–Kier alpha value is -2.71. The summed E-state index contributed by atoms with van der Waals surface area (Å²) >= 11 is 0. The third-order valence-electron chi connectivity index (χ3n) is 5.70. The minimum absolute atomic E-state index is 0.0544. The third kappa shape index (κ3) is 4.36. The number of benzene rings is 2. The Bertz CT molecular complexity index is 1170. The number of rotatable bonds is 6. The largest absolute Gasteiger partial charge is 0.494 e. The second kappa shape index (κ2) is 8.80. The van der Waals surface area contributed by atoms with Gasteiger partial charge in [-0.15, -0.1) is 10.2 Å². The summed E-state index contributed by atoms with van der Waals surface area (Å²) in [5.74, 6) is 1.85. The lowest BCUT2D eigenvalue weighted by atomic mass is 9.98. The van der Waals surface area contributed by atoms with Crippen LogP contribution in [0.4, 0.5) is 0 Å². The SMILES string of the molecule is CCOc1ccc(S(=O)(=O)N2CCC(c3nnc(-c4ccccc4C)o3)CC2)cc1C. The molecule has 0 radical (unpaired) electrons. The molecule has 0 atom stereocenters. The Labute approximate surface area is 183 Å². The highest BCUT2D eigenvalue weighted by molar-refractivity contribution is 7.89. The van der Waals surface area contributed by atoms with Crippen molar-refractivity contribution in [2.45, 2.75) is 44.4 Å². The Kier molecular flexibility index (Phi) is 6.11. The Morgan fingerprint density at radius 3 is 2.48 bits per heavy atom. The summed E-state index contributed by atoms with van der Waals surface area (Å²) in [6.45, 7) is 7.15. The monoisotopic (exact) mass is 441 g/mol. The van der Waals surface area contributed by atoms with Crippen LogP contribution in [0.1, 0.15) is 42.7 Å². The van der Waals surface area contributed by atoms with Crippen LogP contribution in [-0.2, 0) is 10.0 Å². The Morgan fingerprint density at radius 1 is 1.06 bits per heavy atom. The summed E-state index contributed by atoms with van der Waals surface area (Å²) < 4.78 is 39.2. The molecule has 1 aromatic heterocycles. The summed E-state index contributed by atoms with van der Waals surface area (Å²) in [5, 5.41) is 8.45. The van der Waals surface area contributed by atoms with Gasteiger partial charge in [0.05, 0.1) is 11.5 Å². The fourth-order valence-electron chi connectivity index (χ4n) is 3.91. The van der Waals surface area contributed by atoms with Crippen molar-refractivity contribution >= 4 is 10.0 Å². The van der Waals surface area contributed by atoms with Gasteiger partial charge < -0.3 is 9.15 Å². The molecule has 8 heteroatoms. The number of ether oxygens (including phenoxy) is 1. The predicted octanol–water partition coefficient (Wildman–Crippen LogP) is 4.32.